The minimum Gasteiger partial charge on any atom is -0.507 e. The van der Waals surface area contributed by atoms with Crippen LogP contribution < -0.4 is 5.32 Å². The highest BCUT2D eigenvalue weighted by atomic mass is 127. The third-order valence-electron chi connectivity index (χ3n) is 2.82. The summed E-state index contributed by atoms with van der Waals surface area (Å²) in [6, 6.07) is 4.47. The van der Waals surface area contributed by atoms with Crippen LogP contribution in [0.25, 0.3) is 0 Å². The normalized spacial score (nSPS) is 13.6. The van der Waals surface area contributed by atoms with Gasteiger partial charge in [-0.15, -0.1) is 0 Å². The molecule has 0 radical (unpaired) electrons. The fraction of sp³-hybridized carbons (Fsp3) is 0.385. The predicted octanol–water partition coefficient (Wildman–Crippen LogP) is 2.37. The van der Waals surface area contributed by atoms with E-state index in [-0.39, 0.29) is 11.3 Å². The number of halogens is 1. The molecular weight excluding hydrogens is 361 g/mol. The highest BCUT2D eigenvalue weighted by molar-refractivity contribution is 14.1. The van der Waals surface area contributed by atoms with Crippen LogP contribution in [0.15, 0.2) is 18.2 Å². The summed E-state index contributed by atoms with van der Waals surface area (Å²) in [7, 11) is 0. The number of carbonyl (C=O) groups is 2. The molecule has 0 aliphatic rings. The number of rotatable bonds is 5. The van der Waals surface area contributed by atoms with Gasteiger partial charge in [0, 0.05) is 5.56 Å². The van der Waals surface area contributed by atoms with Crippen molar-refractivity contribution in [3.8, 4) is 5.75 Å². The van der Waals surface area contributed by atoms with Gasteiger partial charge in [0.15, 0.2) is 0 Å². The minimum absolute atomic E-state index is 0.000713. The van der Waals surface area contributed by atoms with Crippen molar-refractivity contribution in [1.82, 2.24) is 5.32 Å². The summed E-state index contributed by atoms with van der Waals surface area (Å²) in [4.78, 5) is 23.2. The third kappa shape index (κ3) is 3.82. The summed E-state index contributed by atoms with van der Waals surface area (Å²) >= 11 is 1.94. The molecule has 1 amide bonds. The van der Waals surface area contributed by atoms with Crippen molar-refractivity contribution in [2.75, 3.05) is 0 Å². The lowest BCUT2D eigenvalue weighted by Crippen LogP contribution is -2.52. The quantitative estimate of drug-likeness (QED) is 0.688. The summed E-state index contributed by atoms with van der Waals surface area (Å²) < 4.78 is 0.628. The van der Waals surface area contributed by atoms with Gasteiger partial charge in [0.25, 0.3) is 5.91 Å². The Bertz CT molecular complexity index is 503. The lowest BCUT2D eigenvalue weighted by molar-refractivity contribution is -0.144. The van der Waals surface area contributed by atoms with E-state index in [2.05, 4.69) is 5.32 Å². The van der Waals surface area contributed by atoms with Crippen LogP contribution in [0.4, 0.5) is 0 Å². The van der Waals surface area contributed by atoms with Gasteiger partial charge in [0.2, 0.25) is 0 Å². The number of amides is 1. The smallest absolute Gasteiger partial charge is 0.329 e. The number of hydrogen-bond donors (Lipinski definition) is 3. The Morgan fingerprint density at radius 2 is 2.05 bits per heavy atom. The number of carboxylic acid groups (broad SMARTS) is 1. The first-order valence-corrected chi connectivity index (χ1v) is 6.92. The van der Waals surface area contributed by atoms with E-state index in [1.165, 1.54) is 13.0 Å². The van der Waals surface area contributed by atoms with Crippen LogP contribution in [0.3, 0.4) is 0 Å². The molecule has 0 bridgehead atoms. The van der Waals surface area contributed by atoms with E-state index in [0.717, 1.165) is 0 Å². The molecule has 1 unspecified atom stereocenters. The number of aromatic hydroxyl groups is 1. The highest BCUT2D eigenvalue weighted by Crippen LogP contribution is 2.21. The zero-order valence-corrected chi connectivity index (χ0v) is 12.9. The zero-order valence-electron chi connectivity index (χ0n) is 10.7. The van der Waals surface area contributed by atoms with Crippen LogP contribution in [0.1, 0.15) is 37.0 Å². The monoisotopic (exact) mass is 377 g/mol. The van der Waals surface area contributed by atoms with Crippen molar-refractivity contribution < 1.29 is 19.8 Å². The number of aliphatic carboxylic acids is 1. The third-order valence-corrected chi connectivity index (χ3v) is 3.73. The molecule has 6 heteroatoms. The van der Waals surface area contributed by atoms with Crippen molar-refractivity contribution in [1.29, 1.82) is 0 Å². The summed E-state index contributed by atoms with van der Waals surface area (Å²) in [6.45, 7) is 3.33. The number of carbonyl (C=O) groups excluding carboxylic acids is 1. The second-order valence-corrected chi connectivity index (χ2v) is 5.67. The maximum atomic E-state index is 12.0. The molecule has 1 atom stereocenters. The molecule has 0 saturated carbocycles. The van der Waals surface area contributed by atoms with Crippen LogP contribution in [-0.4, -0.2) is 27.6 Å². The average molecular weight is 377 g/mol. The maximum absolute atomic E-state index is 12.0. The van der Waals surface area contributed by atoms with Gasteiger partial charge < -0.3 is 15.5 Å². The molecule has 1 rings (SSSR count). The van der Waals surface area contributed by atoms with Gasteiger partial charge in [-0.05, 0) is 54.1 Å². The largest absolute Gasteiger partial charge is 0.507 e. The maximum Gasteiger partial charge on any atom is 0.329 e. The van der Waals surface area contributed by atoms with E-state index in [1.807, 2.05) is 29.5 Å². The van der Waals surface area contributed by atoms with Crippen molar-refractivity contribution in [3.63, 3.8) is 0 Å². The van der Waals surface area contributed by atoms with Gasteiger partial charge in [-0.1, -0.05) is 13.3 Å². The highest BCUT2D eigenvalue weighted by Gasteiger charge is 2.34. The molecule has 5 nitrogen and oxygen atoms in total. The molecule has 1 aromatic rings. The topological polar surface area (TPSA) is 86.6 Å². The van der Waals surface area contributed by atoms with Gasteiger partial charge in [-0.2, -0.15) is 0 Å². The van der Waals surface area contributed by atoms with Gasteiger partial charge in [-0.3, -0.25) is 4.79 Å². The van der Waals surface area contributed by atoms with Crippen molar-refractivity contribution in [3.05, 3.63) is 27.3 Å². The molecule has 0 spiro atoms. The predicted molar refractivity (Wildman–Crippen MR) is 79.2 cm³/mol. The van der Waals surface area contributed by atoms with E-state index in [1.54, 1.807) is 12.1 Å². The van der Waals surface area contributed by atoms with Crippen LogP contribution >= 0.6 is 22.6 Å². The van der Waals surface area contributed by atoms with E-state index in [0.29, 0.717) is 16.4 Å². The summed E-state index contributed by atoms with van der Waals surface area (Å²) in [5, 5.41) is 21.3. The first-order valence-electron chi connectivity index (χ1n) is 5.84. The van der Waals surface area contributed by atoms with Gasteiger partial charge in [0.1, 0.15) is 11.3 Å². The summed E-state index contributed by atoms with van der Waals surface area (Å²) in [5.41, 5.74) is -1.06. The molecule has 0 fully saturated rings. The number of phenols is 1. The number of benzene rings is 1. The minimum atomic E-state index is -1.30. The van der Waals surface area contributed by atoms with Crippen LogP contribution in [0, 0.1) is 3.57 Å². The summed E-state index contributed by atoms with van der Waals surface area (Å²) in [6.07, 6.45) is 0.978. The van der Waals surface area contributed by atoms with Crippen LogP contribution in [-0.2, 0) is 4.79 Å². The number of nitrogens with one attached hydrogen (secondary N) is 1. The van der Waals surface area contributed by atoms with Crippen molar-refractivity contribution in [2.24, 2.45) is 0 Å². The second-order valence-electron chi connectivity index (χ2n) is 4.51. The second kappa shape index (κ2) is 6.23. The Kier molecular flexibility index (Phi) is 5.16. The van der Waals surface area contributed by atoms with Crippen LogP contribution in [0.5, 0.6) is 5.75 Å². The number of phenolic OH excluding ortho intramolecular Hbond substituents is 1. The van der Waals surface area contributed by atoms with Crippen molar-refractivity contribution in [2.45, 2.75) is 32.2 Å². The van der Waals surface area contributed by atoms with Gasteiger partial charge in [-0.25, -0.2) is 4.79 Å². The first kappa shape index (κ1) is 15.7. The SMILES string of the molecule is CCCC(C)(NC(=O)c1ccc(I)c(O)c1)C(=O)O. The van der Waals surface area contributed by atoms with E-state index < -0.39 is 17.4 Å². The van der Waals surface area contributed by atoms with Gasteiger partial charge in [0.05, 0.1) is 3.57 Å². The molecule has 1 aromatic carbocycles. The lowest BCUT2D eigenvalue weighted by atomic mass is 9.95. The molecule has 0 aliphatic heterocycles. The molecule has 3 N–H and O–H groups in total. The Hall–Kier alpha value is -1.31. The fourth-order valence-corrected chi connectivity index (χ4v) is 2.04. The fourth-order valence-electron chi connectivity index (χ4n) is 1.70. The Morgan fingerprint density at radius 3 is 2.53 bits per heavy atom. The van der Waals surface area contributed by atoms with Crippen LogP contribution in [0.2, 0.25) is 0 Å². The first-order chi connectivity index (χ1) is 8.80. The lowest BCUT2D eigenvalue weighted by Gasteiger charge is -2.25. The molecule has 0 saturated heterocycles. The Morgan fingerprint density at radius 1 is 1.42 bits per heavy atom. The molecule has 0 heterocycles. The molecule has 19 heavy (non-hydrogen) atoms. The standard InChI is InChI=1S/C13H16INO4/c1-3-6-13(2,12(18)19)15-11(17)8-4-5-9(14)10(16)7-8/h4-5,7,16H,3,6H2,1-2H3,(H,15,17)(H,18,19). The molecule has 104 valence electrons. The average Bonchev–Trinajstić information content (AvgIpc) is 2.32. The van der Waals surface area contributed by atoms with E-state index in [9.17, 15) is 19.8 Å². The Balaban J connectivity index is 2.94. The number of carboxylic acids is 1. The summed E-state index contributed by atoms with van der Waals surface area (Å²) in [5.74, 6) is -1.58. The number of hydrogen-bond acceptors (Lipinski definition) is 3. The molecular formula is C13H16INO4. The van der Waals surface area contributed by atoms with E-state index >= 15 is 0 Å². The zero-order chi connectivity index (χ0) is 14.6. The van der Waals surface area contributed by atoms with E-state index in [4.69, 9.17) is 0 Å². The van der Waals surface area contributed by atoms with Gasteiger partial charge >= 0.3 is 5.97 Å². The Labute approximate surface area is 125 Å². The van der Waals surface area contributed by atoms with Crippen molar-refractivity contribution >= 4 is 34.5 Å². The molecule has 0 aliphatic carbocycles. The molecule has 0 aromatic heterocycles.